The fourth-order valence-corrected chi connectivity index (χ4v) is 7.96. The summed E-state index contributed by atoms with van der Waals surface area (Å²) in [5, 5.41) is 5.03. The smallest absolute Gasteiger partial charge is 0.0541 e. The number of aromatic nitrogens is 2. The lowest BCUT2D eigenvalue weighted by Crippen LogP contribution is -2.28. The number of nitrogens with one attached hydrogen (secondary N) is 2. The molecule has 0 saturated carbocycles. The summed E-state index contributed by atoms with van der Waals surface area (Å²) in [4.78, 5) is 7.52. The Bertz CT molecular complexity index is 2160. The Labute approximate surface area is 248 Å². The van der Waals surface area contributed by atoms with Gasteiger partial charge in [-0.25, -0.2) is 0 Å². The molecule has 2 aromatic heterocycles. The third-order valence-corrected chi connectivity index (χ3v) is 9.35. The lowest BCUT2D eigenvalue weighted by atomic mass is 9.67. The summed E-state index contributed by atoms with van der Waals surface area (Å²) in [7, 11) is 0. The van der Waals surface area contributed by atoms with Crippen LogP contribution < -0.4 is 0 Å². The first-order valence-corrected chi connectivity index (χ1v) is 15.0. The normalized spacial score (nSPS) is 17.3. The Morgan fingerprint density at radius 2 is 1.20 bits per heavy atom. The maximum atomic E-state index is 3.79. The van der Waals surface area contributed by atoms with Crippen molar-refractivity contribution in [1.29, 1.82) is 0 Å². The maximum absolute atomic E-state index is 3.79. The highest BCUT2D eigenvalue weighted by Crippen LogP contribution is 2.49. The molecule has 1 atom stereocenters. The topological polar surface area (TPSA) is 31.6 Å². The van der Waals surface area contributed by atoms with Gasteiger partial charge in [-0.2, -0.15) is 0 Å². The van der Waals surface area contributed by atoms with E-state index in [-0.39, 0.29) is 5.41 Å². The molecule has 7 aromatic rings. The number of allylic oxidation sites excluding steroid dienone is 4. The van der Waals surface area contributed by atoms with Crippen LogP contribution in [0.1, 0.15) is 23.1 Å². The quantitative estimate of drug-likeness (QED) is 0.192. The minimum atomic E-state index is -0.384. The van der Waals surface area contributed by atoms with Gasteiger partial charge in [-0.15, -0.1) is 0 Å². The largest absolute Gasteiger partial charge is 0.354 e. The van der Waals surface area contributed by atoms with Crippen LogP contribution in [0.5, 0.6) is 0 Å². The first kappa shape index (κ1) is 24.0. The van der Waals surface area contributed by atoms with E-state index in [1.54, 1.807) is 0 Å². The summed E-state index contributed by atoms with van der Waals surface area (Å²) < 4.78 is 2.12. The summed E-state index contributed by atoms with van der Waals surface area (Å²) in [6.07, 6.45) is 7.75. The van der Waals surface area contributed by atoms with Gasteiger partial charge in [-0.05, 0) is 53.5 Å². The van der Waals surface area contributed by atoms with Crippen LogP contribution >= 0.6 is 31.9 Å². The lowest BCUT2D eigenvalue weighted by Gasteiger charge is -2.36. The highest BCUT2D eigenvalue weighted by atomic mass is 79.9. The van der Waals surface area contributed by atoms with Crippen molar-refractivity contribution in [2.24, 2.45) is 0 Å². The van der Waals surface area contributed by atoms with Crippen molar-refractivity contribution in [3.63, 3.8) is 0 Å². The number of aromatic amines is 2. The fraction of sp³-hybridized carbons (Fsp3) is 0.0556. The Kier molecular flexibility index (Phi) is 5.45. The second-order valence-electron chi connectivity index (χ2n) is 10.7. The van der Waals surface area contributed by atoms with Crippen LogP contribution in [0.4, 0.5) is 0 Å². The molecule has 5 aromatic carbocycles. The number of hydrogen-bond donors (Lipinski definition) is 2. The van der Waals surface area contributed by atoms with E-state index in [1.165, 1.54) is 60.4 Å². The van der Waals surface area contributed by atoms with Crippen LogP contribution in [0.25, 0.3) is 49.2 Å². The molecule has 1 unspecified atom stereocenters. The molecule has 0 radical (unpaired) electrons. The Morgan fingerprint density at radius 3 is 1.93 bits per heavy atom. The first-order chi connectivity index (χ1) is 19.6. The van der Waals surface area contributed by atoms with Gasteiger partial charge in [0.25, 0.3) is 0 Å². The molecule has 0 amide bonds. The standard InChI is InChI=1S/C36H24Br2N2/c37-24-18-23(19-25(38)20-24)36(31-14-6-13-30-28-10-2-4-16-33(28)40-35(30)31)17-7-8-22(21-36)26-11-5-12-29-27-9-1-3-15-32(27)39-34(26)29/h1-20,39-40H,21H2. The van der Waals surface area contributed by atoms with Gasteiger partial charge in [0.2, 0.25) is 0 Å². The summed E-state index contributed by atoms with van der Waals surface area (Å²) in [6.45, 7) is 0. The SMILES string of the molecule is Brc1cc(Br)cc(C2(c3cccc4c3[nH]c3ccccc34)C=CC=C(c3cccc4c3[nH]c3ccccc34)C2)c1. The second kappa shape index (κ2) is 9.09. The van der Waals surface area contributed by atoms with Crippen molar-refractivity contribution in [2.45, 2.75) is 11.8 Å². The molecule has 2 nitrogen and oxygen atoms in total. The summed E-state index contributed by atoms with van der Waals surface area (Å²) in [5.74, 6) is 0. The molecule has 0 saturated heterocycles. The fourth-order valence-electron chi connectivity index (χ4n) is 6.67. The zero-order chi connectivity index (χ0) is 26.8. The van der Waals surface area contributed by atoms with Crippen molar-refractivity contribution in [2.75, 3.05) is 0 Å². The minimum Gasteiger partial charge on any atom is -0.354 e. The summed E-state index contributed by atoms with van der Waals surface area (Å²) >= 11 is 7.57. The maximum Gasteiger partial charge on any atom is 0.0541 e. The molecule has 0 bridgehead atoms. The highest BCUT2D eigenvalue weighted by Gasteiger charge is 2.37. The van der Waals surface area contributed by atoms with Crippen molar-refractivity contribution in [1.82, 2.24) is 9.97 Å². The van der Waals surface area contributed by atoms with Gasteiger partial charge in [0.15, 0.2) is 0 Å². The number of para-hydroxylation sites is 4. The Balaban J connectivity index is 1.39. The average molecular weight is 644 g/mol. The summed E-state index contributed by atoms with van der Waals surface area (Å²) in [6, 6.07) is 37.2. The molecular weight excluding hydrogens is 620 g/mol. The lowest BCUT2D eigenvalue weighted by molar-refractivity contribution is 0.662. The van der Waals surface area contributed by atoms with Gasteiger partial charge in [0.1, 0.15) is 0 Å². The molecule has 2 heterocycles. The zero-order valence-electron chi connectivity index (χ0n) is 21.5. The third-order valence-electron chi connectivity index (χ3n) is 8.43. The zero-order valence-corrected chi connectivity index (χ0v) is 24.7. The van der Waals surface area contributed by atoms with E-state index < -0.39 is 0 Å². The second-order valence-corrected chi connectivity index (χ2v) is 12.5. The van der Waals surface area contributed by atoms with Crippen LogP contribution in [-0.4, -0.2) is 9.97 Å². The Hall–Kier alpha value is -3.86. The molecule has 0 fully saturated rings. The van der Waals surface area contributed by atoms with E-state index in [1.807, 2.05) is 0 Å². The van der Waals surface area contributed by atoms with Crippen LogP contribution in [0.2, 0.25) is 0 Å². The molecular formula is C36H24Br2N2. The van der Waals surface area contributed by atoms with E-state index in [2.05, 4.69) is 163 Å². The molecule has 0 aliphatic heterocycles. The van der Waals surface area contributed by atoms with Gasteiger partial charge in [0.05, 0.1) is 11.0 Å². The highest BCUT2D eigenvalue weighted by molar-refractivity contribution is 9.11. The van der Waals surface area contributed by atoms with Crippen LogP contribution in [-0.2, 0) is 5.41 Å². The number of rotatable bonds is 3. The van der Waals surface area contributed by atoms with Crippen molar-refractivity contribution >= 4 is 81.0 Å². The molecule has 8 rings (SSSR count). The van der Waals surface area contributed by atoms with Gasteiger partial charge in [-0.1, -0.05) is 123 Å². The van der Waals surface area contributed by atoms with Gasteiger partial charge in [-0.3, -0.25) is 0 Å². The van der Waals surface area contributed by atoms with E-state index >= 15 is 0 Å². The summed E-state index contributed by atoms with van der Waals surface area (Å²) in [5.41, 5.74) is 9.40. The van der Waals surface area contributed by atoms with Gasteiger partial charge < -0.3 is 9.97 Å². The van der Waals surface area contributed by atoms with E-state index in [4.69, 9.17) is 0 Å². The molecule has 4 heteroatoms. The van der Waals surface area contributed by atoms with Crippen LogP contribution in [0.15, 0.2) is 130 Å². The molecule has 1 aliphatic rings. The molecule has 1 aliphatic carbocycles. The average Bonchev–Trinajstić information content (AvgIpc) is 3.55. The van der Waals surface area contributed by atoms with E-state index in [0.29, 0.717) is 0 Å². The number of hydrogen-bond acceptors (Lipinski definition) is 0. The molecule has 2 N–H and O–H groups in total. The van der Waals surface area contributed by atoms with E-state index in [9.17, 15) is 0 Å². The van der Waals surface area contributed by atoms with Crippen LogP contribution in [0, 0.1) is 0 Å². The van der Waals surface area contributed by atoms with Crippen molar-refractivity contribution in [3.8, 4) is 0 Å². The Morgan fingerprint density at radius 1 is 0.600 bits per heavy atom. The predicted octanol–water partition coefficient (Wildman–Crippen LogP) is 10.8. The van der Waals surface area contributed by atoms with Crippen molar-refractivity contribution in [3.05, 3.63) is 147 Å². The molecule has 0 spiro atoms. The third kappa shape index (κ3) is 3.59. The number of fused-ring (bicyclic) bond motifs is 6. The molecule has 192 valence electrons. The first-order valence-electron chi connectivity index (χ1n) is 13.5. The van der Waals surface area contributed by atoms with Crippen LogP contribution in [0.3, 0.4) is 0 Å². The monoisotopic (exact) mass is 642 g/mol. The van der Waals surface area contributed by atoms with Gasteiger partial charge >= 0.3 is 0 Å². The predicted molar refractivity (Wildman–Crippen MR) is 176 cm³/mol. The van der Waals surface area contributed by atoms with E-state index in [0.717, 1.165) is 20.9 Å². The van der Waals surface area contributed by atoms with Gasteiger partial charge in [0, 0.05) is 52.5 Å². The molecule has 40 heavy (non-hydrogen) atoms. The number of halogens is 2. The minimum absolute atomic E-state index is 0.384. The van der Waals surface area contributed by atoms with Crippen molar-refractivity contribution < 1.29 is 0 Å². The number of benzene rings is 5. The number of H-pyrrole nitrogens is 2.